The molecule has 0 radical (unpaired) electrons. The standard InChI is InChI=1S/C17H13NO3/c1-11-2-5-13(6-3-11)21-16-8-9-18-15-10-12(17(19)20)4-7-14(15)16/h2-10H,1H3,(H,19,20). The van der Waals surface area contributed by atoms with Crippen LogP contribution in [0, 0.1) is 6.92 Å². The van der Waals surface area contributed by atoms with E-state index in [0.29, 0.717) is 11.3 Å². The fourth-order valence-electron chi connectivity index (χ4n) is 2.08. The lowest BCUT2D eigenvalue weighted by atomic mass is 10.1. The molecule has 0 spiro atoms. The summed E-state index contributed by atoms with van der Waals surface area (Å²) in [5, 5.41) is 9.80. The normalized spacial score (nSPS) is 10.5. The Bertz CT molecular complexity index is 810. The Hall–Kier alpha value is -2.88. The Morgan fingerprint density at radius 3 is 2.57 bits per heavy atom. The zero-order valence-electron chi connectivity index (χ0n) is 11.4. The number of hydrogen-bond acceptors (Lipinski definition) is 3. The molecule has 0 unspecified atom stereocenters. The molecule has 0 amide bonds. The second kappa shape index (κ2) is 5.25. The molecule has 21 heavy (non-hydrogen) atoms. The van der Waals surface area contributed by atoms with Crippen molar-refractivity contribution in [2.24, 2.45) is 0 Å². The number of fused-ring (bicyclic) bond motifs is 1. The molecule has 4 heteroatoms. The Morgan fingerprint density at radius 1 is 1.10 bits per heavy atom. The Balaban J connectivity index is 2.02. The van der Waals surface area contributed by atoms with Gasteiger partial charge in [-0.2, -0.15) is 0 Å². The third-order valence-corrected chi connectivity index (χ3v) is 3.20. The molecule has 0 aliphatic heterocycles. The van der Waals surface area contributed by atoms with Crippen LogP contribution < -0.4 is 4.74 Å². The first kappa shape index (κ1) is 13.1. The Labute approximate surface area is 121 Å². The van der Waals surface area contributed by atoms with Crippen LogP contribution in [0.5, 0.6) is 11.5 Å². The molecule has 4 nitrogen and oxygen atoms in total. The summed E-state index contributed by atoms with van der Waals surface area (Å²) >= 11 is 0. The van der Waals surface area contributed by atoms with E-state index >= 15 is 0 Å². The number of ether oxygens (including phenoxy) is 1. The fourth-order valence-corrected chi connectivity index (χ4v) is 2.08. The van der Waals surface area contributed by atoms with Gasteiger partial charge >= 0.3 is 5.97 Å². The molecule has 0 fully saturated rings. The second-order valence-corrected chi connectivity index (χ2v) is 4.76. The van der Waals surface area contributed by atoms with Gasteiger partial charge in [-0.1, -0.05) is 17.7 Å². The average Bonchev–Trinajstić information content (AvgIpc) is 2.49. The van der Waals surface area contributed by atoms with Gasteiger partial charge in [0.25, 0.3) is 0 Å². The molecule has 0 saturated carbocycles. The van der Waals surface area contributed by atoms with Crippen molar-refractivity contribution in [2.45, 2.75) is 6.92 Å². The lowest BCUT2D eigenvalue weighted by Crippen LogP contribution is -1.96. The summed E-state index contributed by atoms with van der Waals surface area (Å²) in [6.45, 7) is 2.01. The highest BCUT2D eigenvalue weighted by Crippen LogP contribution is 2.29. The number of nitrogens with zero attached hydrogens (tertiary/aromatic N) is 1. The highest BCUT2D eigenvalue weighted by Gasteiger charge is 2.08. The Morgan fingerprint density at radius 2 is 1.86 bits per heavy atom. The van der Waals surface area contributed by atoms with Crippen LogP contribution in [0.25, 0.3) is 10.9 Å². The van der Waals surface area contributed by atoms with Crippen LogP contribution in [0.2, 0.25) is 0 Å². The van der Waals surface area contributed by atoms with E-state index in [4.69, 9.17) is 9.84 Å². The van der Waals surface area contributed by atoms with E-state index in [0.717, 1.165) is 16.7 Å². The quantitative estimate of drug-likeness (QED) is 0.786. The molecule has 1 aromatic heterocycles. The van der Waals surface area contributed by atoms with Gasteiger partial charge in [0.2, 0.25) is 0 Å². The van der Waals surface area contributed by atoms with Crippen molar-refractivity contribution in [1.82, 2.24) is 4.98 Å². The summed E-state index contributed by atoms with van der Waals surface area (Å²) in [6, 6.07) is 14.3. The first-order valence-electron chi connectivity index (χ1n) is 6.50. The summed E-state index contributed by atoms with van der Waals surface area (Å²) in [5.74, 6) is 0.416. The summed E-state index contributed by atoms with van der Waals surface area (Å²) in [6.07, 6.45) is 1.61. The number of carbonyl (C=O) groups is 1. The van der Waals surface area contributed by atoms with Crippen LogP contribution in [0.3, 0.4) is 0 Å². The van der Waals surface area contributed by atoms with Crippen LogP contribution in [-0.4, -0.2) is 16.1 Å². The number of benzene rings is 2. The molecule has 0 atom stereocenters. The van der Waals surface area contributed by atoms with Gasteiger partial charge in [-0.05, 0) is 43.3 Å². The summed E-state index contributed by atoms with van der Waals surface area (Å²) in [5.41, 5.74) is 1.97. The highest BCUT2D eigenvalue weighted by molar-refractivity contribution is 5.94. The minimum atomic E-state index is -0.969. The van der Waals surface area contributed by atoms with Crippen molar-refractivity contribution >= 4 is 16.9 Å². The maximum Gasteiger partial charge on any atom is 0.335 e. The molecule has 0 saturated heterocycles. The SMILES string of the molecule is Cc1ccc(Oc2ccnc3cc(C(=O)O)ccc23)cc1. The largest absolute Gasteiger partial charge is 0.478 e. The number of rotatable bonds is 3. The summed E-state index contributed by atoms with van der Waals surface area (Å²) < 4.78 is 5.86. The van der Waals surface area contributed by atoms with Crippen molar-refractivity contribution < 1.29 is 14.6 Å². The highest BCUT2D eigenvalue weighted by atomic mass is 16.5. The number of carboxylic acids is 1. The predicted molar refractivity (Wildman–Crippen MR) is 80.0 cm³/mol. The van der Waals surface area contributed by atoms with Gasteiger partial charge in [0.15, 0.2) is 0 Å². The summed E-state index contributed by atoms with van der Waals surface area (Å²) in [4.78, 5) is 15.2. The van der Waals surface area contributed by atoms with Crippen molar-refractivity contribution in [3.8, 4) is 11.5 Å². The van der Waals surface area contributed by atoms with E-state index in [1.807, 2.05) is 31.2 Å². The number of aromatic carboxylic acids is 1. The second-order valence-electron chi connectivity index (χ2n) is 4.76. The van der Waals surface area contributed by atoms with E-state index in [-0.39, 0.29) is 5.56 Å². The smallest absolute Gasteiger partial charge is 0.335 e. The molecule has 0 aliphatic carbocycles. The van der Waals surface area contributed by atoms with Gasteiger partial charge in [0, 0.05) is 11.6 Å². The fraction of sp³-hybridized carbons (Fsp3) is 0.0588. The predicted octanol–water partition coefficient (Wildman–Crippen LogP) is 4.03. The van der Waals surface area contributed by atoms with Crippen molar-refractivity contribution in [1.29, 1.82) is 0 Å². The van der Waals surface area contributed by atoms with Gasteiger partial charge in [0.1, 0.15) is 11.5 Å². The van der Waals surface area contributed by atoms with E-state index < -0.39 is 5.97 Å². The van der Waals surface area contributed by atoms with Crippen LogP contribution in [-0.2, 0) is 0 Å². The zero-order chi connectivity index (χ0) is 14.8. The third kappa shape index (κ3) is 2.69. The van der Waals surface area contributed by atoms with Gasteiger partial charge in [0.05, 0.1) is 11.1 Å². The molecule has 104 valence electrons. The molecule has 1 heterocycles. The third-order valence-electron chi connectivity index (χ3n) is 3.20. The number of pyridine rings is 1. The minimum Gasteiger partial charge on any atom is -0.478 e. The monoisotopic (exact) mass is 279 g/mol. The number of aryl methyl sites for hydroxylation is 1. The molecule has 2 aromatic carbocycles. The maximum atomic E-state index is 11.0. The number of carboxylic acid groups (broad SMARTS) is 1. The number of hydrogen-bond donors (Lipinski definition) is 1. The van der Waals surface area contributed by atoms with E-state index in [2.05, 4.69) is 4.98 Å². The molecule has 3 rings (SSSR count). The molecular weight excluding hydrogens is 266 g/mol. The van der Waals surface area contributed by atoms with Crippen LogP contribution in [0.1, 0.15) is 15.9 Å². The zero-order valence-corrected chi connectivity index (χ0v) is 11.4. The van der Waals surface area contributed by atoms with E-state index in [1.54, 1.807) is 30.5 Å². The molecule has 0 bridgehead atoms. The molecular formula is C17H13NO3. The molecule has 3 aromatic rings. The molecule has 1 N–H and O–H groups in total. The average molecular weight is 279 g/mol. The summed E-state index contributed by atoms with van der Waals surface area (Å²) in [7, 11) is 0. The van der Waals surface area contributed by atoms with Crippen molar-refractivity contribution in [3.63, 3.8) is 0 Å². The van der Waals surface area contributed by atoms with Crippen molar-refractivity contribution in [2.75, 3.05) is 0 Å². The van der Waals surface area contributed by atoms with E-state index in [1.165, 1.54) is 0 Å². The lowest BCUT2D eigenvalue weighted by molar-refractivity contribution is 0.0697. The Kier molecular flexibility index (Phi) is 3.28. The number of aromatic nitrogens is 1. The first-order chi connectivity index (χ1) is 10.1. The van der Waals surface area contributed by atoms with Crippen LogP contribution >= 0.6 is 0 Å². The minimum absolute atomic E-state index is 0.211. The topological polar surface area (TPSA) is 59.4 Å². The van der Waals surface area contributed by atoms with Crippen LogP contribution in [0.4, 0.5) is 0 Å². The first-order valence-corrected chi connectivity index (χ1v) is 6.50. The van der Waals surface area contributed by atoms with Crippen molar-refractivity contribution in [3.05, 3.63) is 65.9 Å². The van der Waals surface area contributed by atoms with Gasteiger partial charge in [-0.25, -0.2) is 4.79 Å². The maximum absolute atomic E-state index is 11.0. The van der Waals surface area contributed by atoms with Crippen LogP contribution in [0.15, 0.2) is 54.7 Å². The van der Waals surface area contributed by atoms with Gasteiger partial charge in [-0.3, -0.25) is 4.98 Å². The lowest BCUT2D eigenvalue weighted by Gasteiger charge is -2.09. The van der Waals surface area contributed by atoms with E-state index in [9.17, 15) is 4.79 Å². The van der Waals surface area contributed by atoms with Gasteiger partial charge < -0.3 is 9.84 Å². The molecule has 0 aliphatic rings. The van der Waals surface area contributed by atoms with Gasteiger partial charge in [-0.15, -0.1) is 0 Å².